The third-order valence-electron chi connectivity index (χ3n) is 2.08. The highest BCUT2D eigenvalue weighted by Gasteiger charge is 2.21. The van der Waals surface area contributed by atoms with Gasteiger partial charge in [-0.15, -0.1) is 11.3 Å². The maximum Gasteiger partial charge on any atom is 0.348 e. The lowest BCUT2D eigenvalue weighted by Crippen LogP contribution is -2.25. The minimum atomic E-state index is -1.05. The van der Waals surface area contributed by atoms with Crippen LogP contribution < -0.4 is 0 Å². The zero-order chi connectivity index (χ0) is 12.1. The summed E-state index contributed by atoms with van der Waals surface area (Å²) in [6.45, 7) is 0. The van der Waals surface area contributed by atoms with Crippen LogP contribution in [0.25, 0.3) is 0 Å². The quantitative estimate of drug-likeness (QED) is 0.787. The molecule has 1 heterocycles. The number of carboxylic acid groups (broad SMARTS) is 1. The van der Waals surface area contributed by atoms with E-state index in [2.05, 4.69) is 4.74 Å². The average Bonchev–Trinajstić information content (AvgIpc) is 2.72. The Morgan fingerprint density at radius 3 is 2.69 bits per heavy atom. The number of aliphatic carboxylic acids is 1. The first-order valence-corrected chi connectivity index (χ1v) is 5.38. The highest BCUT2D eigenvalue weighted by molar-refractivity contribution is 7.12. The minimum absolute atomic E-state index is 0.153. The van der Waals surface area contributed by atoms with E-state index in [1.165, 1.54) is 25.6 Å². The monoisotopic (exact) mass is 244 g/mol. The molecule has 1 aromatic rings. The van der Waals surface area contributed by atoms with Gasteiger partial charge >= 0.3 is 11.9 Å². The highest BCUT2D eigenvalue weighted by Crippen LogP contribution is 2.20. The topological polar surface area (TPSA) is 72.8 Å². The van der Waals surface area contributed by atoms with Gasteiger partial charge in [-0.3, -0.25) is 0 Å². The van der Waals surface area contributed by atoms with Crippen LogP contribution in [0.3, 0.4) is 0 Å². The van der Waals surface area contributed by atoms with E-state index in [4.69, 9.17) is 9.84 Å². The van der Waals surface area contributed by atoms with Crippen molar-refractivity contribution in [3.8, 4) is 0 Å². The number of carbonyl (C=O) groups excluding carboxylic acids is 1. The molecular weight excluding hydrogens is 232 g/mol. The Morgan fingerprint density at radius 2 is 2.19 bits per heavy atom. The largest absolute Gasteiger partial charge is 0.479 e. The number of methoxy groups -OCH3 is 2. The lowest BCUT2D eigenvalue weighted by Gasteiger charge is -2.09. The summed E-state index contributed by atoms with van der Waals surface area (Å²) in [4.78, 5) is 22.5. The maximum atomic E-state index is 11.3. The minimum Gasteiger partial charge on any atom is -0.479 e. The number of hydrogen-bond donors (Lipinski definition) is 1. The summed E-state index contributed by atoms with van der Waals surface area (Å²) >= 11 is 1.22. The molecule has 0 amide bonds. The molecule has 1 aromatic heterocycles. The fourth-order valence-corrected chi connectivity index (χ4v) is 2.09. The van der Waals surface area contributed by atoms with Gasteiger partial charge in [0.25, 0.3) is 0 Å². The average molecular weight is 244 g/mol. The van der Waals surface area contributed by atoms with Crippen molar-refractivity contribution in [2.75, 3.05) is 14.2 Å². The molecule has 0 aliphatic carbocycles. The Bertz CT molecular complexity index is 384. The third-order valence-corrected chi connectivity index (χ3v) is 3.02. The van der Waals surface area contributed by atoms with Crippen molar-refractivity contribution in [3.05, 3.63) is 21.9 Å². The summed E-state index contributed by atoms with van der Waals surface area (Å²) < 4.78 is 9.40. The number of carbonyl (C=O) groups is 2. The second-order valence-electron chi connectivity index (χ2n) is 3.03. The van der Waals surface area contributed by atoms with Gasteiger partial charge in [0.05, 0.1) is 7.11 Å². The van der Waals surface area contributed by atoms with Crippen molar-refractivity contribution in [2.24, 2.45) is 0 Å². The molecule has 0 bridgehead atoms. The number of rotatable bonds is 5. The van der Waals surface area contributed by atoms with E-state index in [0.29, 0.717) is 10.4 Å². The van der Waals surface area contributed by atoms with Gasteiger partial charge in [0, 0.05) is 13.5 Å². The van der Waals surface area contributed by atoms with Crippen LogP contribution in [0, 0.1) is 0 Å². The maximum absolute atomic E-state index is 11.3. The Morgan fingerprint density at radius 1 is 1.50 bits per heavy atom. The van der Waals surface area contributed by atoms with E-state index in [0.717, 1.165) is 0 Å². The zero-order valence-corrected chi connectivity index (χ0v) is 9.74. The van der Waals surface area contributed by atoms with Crippen molar-refractivity contribution in [1.82, 2.24) is 0 Å². The van der Waals surface area contributed by atoms with Crippen molar-refractivity contribution in [1.29, 1.82) is 0 Å². The molecule has 0 radical (unpaired) electrons. The van der Waals surface area contributed by atoms with Gasteiger partial charge in [-0.2, -0.15) is 0 Å². The zero-order valence-electron chi connectivity index (χ0n) is 8.93. The van der Waals surface area contributed by atoms with Gasteiger partial charge in [0.1, 0.15) is 4.88 Å². The molecule has 0 saturated heterocycles. The molecule has 88 valence electrons. The number of carboxylic acids is 1. The summed E-state index contributed by atoms with van der Waals surface area (Å²) in [6, 6.07) is 1.70. The van der Waals surface area contributed by atoms with E-state index in [9.17, 15) is 9.59 Å². The van der Waals surface area contributed by atoms with E-state index in [-0.39, 0.29) is 6.42 Å². The number of thiophene rings is 1. The predicted molar refractivity (Wildman–Crippen MR) is 57.8 cm³/mol. The summed E-state index contributed by atoms with van der Waals surface area (Å²) in [5.74, 6) is -1.50. The first-order chi connectivity index (χ1) is 7.60. The Labute approximate surface area is 96.6 Å². The van der Waals surface area contributed by atoms with Crippen molar-refractivity contribution >= 4 is 23.3 Å². The second kappa shape index (κ2) is 5.62. The molecule has 1 unspecified atom stereocenters. The first-order valence-electron chi connectivity index (χ1n) is 4.50. The first kappa shape index (κ1) is 12.7. The van der Waals surface area contributed by atoms with Crippen LogP contribution in [0.4, 0.5) is 0 Å². The smallest absolute Gasteiger partial charge is 0.348 e. The van der Waals surface area contributed by atoms with Gasteiger partial charge in [0.2, 0.25) is 0 Å². The molecule has 0 saturated carbocycles. The van der Waals surface area contributed by atoms with Crippen LogP contribution in [-0.2, 0) is 20.7 Å². The van der Waals surface area contributed by atoms with E-state index >= 15 is 0 Å². The number of esters is 1. The molecule has 1 N–H and O–H groups in total. The van der Waals surface area contributed by atoms with Crippen molar-refractivity contribution in [3.63, 3.8) is 0 Å². The molecule has 1 rings (SSSR count). The third kappa shape index (κ3) is 2.80. The van der Waals surface area contributed by atoms with Gasteiger partial charge in [-0.05, 0) is 17.0 Å². The lowest BCUT2D eigenvalue weighted by atomic mass is 10.1. The van der Waals surface area contributed by atoms with Crippen molar-refractivity contribution < 1.29 is 24.2 Å². The highest BCUT2D eigenvalue weighted by atomic mass is 32.1. The molecule has 5 nitrogen and oxygen atoms in total. The molecule has 1 atom stereocenters. The molecule has 0 spiro atoms. The van der Waals surface area contributed by atoms with Crippen LogP contribution in [0.15, 0.2) is 11.4 Å². The molecule has 0 aliphatic heterocycles. The summed E-state index contributed by atoms with van der Waals surface area (Å²) in [7, 11) is 2.61. The van der Waals surface area contributed by atoms with Gasteiger partial charge in [0.15, 0.2) is 6.10 Å². The molecular formula is C10H12O5S. The van der Waals surface area contributed by atoms with Crippen molar-refractivity contribution in [2.45, 2.75) is 12.5 Å². The molecule has 0 aliphatic rings. The lowest BCUT2D eigenvalue weighted by molar-refractivity contribution is -0.148. The fraction of sp³-hybridized carbons (Fsp3) is 0.400. The second-order valence-corrected chi connectivity index (χ2v) is 3.95. The summed E-state index contributed by atoms with van der Waals surface area (Å²) in [5.41, 5.74) is 0.631. The van der Waals surface area contributed by atoms with Gasteiger partial charge in [-0.1, -0.05) is 0 Å². The van der Waals surface area contributed by atoms with E-state index in [1.54, 1.807) is 11.4 Å². The van der Waals surface area contributed by atoms with Crippen LogP contribution >= 0.6 is 11.3 Å². The fourth-order valence-electron chi connectivity index (χ4n) is 1.24. The van der Waals surface area contributed by atoms with E-state index < -0.39 is 18.0 Å². The molecule has 6 heteroatoms. The van der Waals surface area contributed by atoms with Gasteiger partial charge in [-0.25, -0.2) is 9.59 Å². The van der Waals surface area contributed by atoms with Crippen LogP contribution in [0.2, 0.25) is 0 Å². The van der Waals surface area contributed by atoms with Crippen LogP contribution in [0.1, 0.15) is 15.2 Å². The van der Waals surface area contributed by atoms with Crippen LogP contribution in [-0.4, -0.2) is 37.4 Å². The van der Waals surface area contributed by atoms with E-state index in [1.807, 2.05) is 0 Å². The Balaban J connectivity index is 2.84. The number of ether oxygens (including phenoxy) is 2. The summed E-state index contributed by atoms with van der Waals surface area (Å²) in [5, 5.41) is 10.5. The molecule has 0 aromatic carbocycles. The Hall–Kier alpha value is -1.40. The number of hydrogen-bond acceptors (Lipinski definition) is 5. The summed E-state index contributed by atoms with van der Waals surface area (Å²) in [6.07, 6.45) is -0.794. The molecule has 0 fully saturated rings. The standard InChI is InChI=1S/C10H12O5S/c1-14-7(9(11)12)5-6-3-4-16-8(6)10(13)15-2/h3-4,7H,5H2,1-2H3,(H,11,12). The molecule has 16 heavy (non-hydrogen) atoms. The normalized spacial score (nSPS) is 12.1. The SMILES string of the molecule is COC(=O)c1sccc1CC(OC)C(=O)O. The van der Waals surface area contributed by atoms with Gasteiger partial charge < -0.3 is 14.6 Å². The van der Waals surface area contributed by atoms with Crippen LogP contribution in [0.5, 0.6) is 0 Å². The predicted octanol–water partition coefficient (Wildman–Crippen LogP) is 1.18. The Kier molecular flexibility index (Phi) is 4.45.